The first-order valence-electron chi connectivity index (χ1n) is 11.0. The van der Waals surface area contributed by atoms with Crippen LogP contribution in [0.5, 0.6) is 0 Å². The lowest BCUT2D eigenvalue weighted by atomic mass is 9.95. The van der Waals surface area contributed by atoms with Crippen molar-refractivity contribution in [1.82, 2.24) is 9.97 Å². The molecule has 3 fully saturated rings. The van der Waals surface area contributed by atoms with Crippen molar-refractivity contribution in [3.8, 4) is 11.3 Å². The highest BCUT2D eigenvalue weighted by atomic mass is 19.1. The molecule has 3 aliphatic rings. The Kier molecular flexibility index (Phi) is 4.81. The van der Waals surface area contributed by atoms with Gasteiger partial charge in [0.1, 0.15) is 30.1 Å². The van der Waals surface area contributed by atoms with Gasteiger partial charge in [0, 0.05) is 22.7 Å². The van der Waals surface area contributed by atoms with E-state index in [1.807, 2.05) is 30.3 Å². The average molecular weight is 440 g/mol. The molecule has 0 bridgehead atoms. The fraction of sp³-hybridized carbons (Fsp3) is 0.458. The standard InChI is InChI=1S/C24H25FN2O5/c25-16-8-18-17(27-21(16)13-1-3-14(4-2-13)24(12-28)5-6-24)7-15(26-18)9-30-20-11-32-22-19(29)10-31-23(20)22/h1-4,7-8,19-20,22-23,26,28-29H,5-6,9-12H2/t19?,20?,22-,23-/m1/s1. The molecule has 2 saturated heterocycles. The molecule has 1 saturated carbocycles. The van der Waals surface area contributed by atoms with Gasteiger partial charge in [-0.25, -0.2) is 9.37 Å². The number of nitrogens with zero attached hydrogens (tertiary/aromatic N) is 1. The number of aliphatic hydroxyl groups excluding tert-OH is 2. The second-order valence-corrected chi connectivity index (χ2v) is 9.07. The molecular weight excluding hydrogens is 415 g/mol. The third-order valence-corrected chi connectivity index (χ3v) is 6.97. The zero-order valence-electron chi connectivity index (χ0n) is 17.5. The molecule has 0 spiro atoms. The van der Waals surface area contributed by atoms with Gasteiger partial charge in [0.15, 0.2) is 5.82 Å². The molecule has 1 aliphatic carbocycles. The molecule has 32 heavy (non-hydrogen) atoms. The Bertz CT molecular complexity index is 1140. The summed E-state index contributed by atoms with van der Waals surface area (Å²) in [6, 6.07) is 11.0. The molecule has 3 aromatic rings. The van der Waals surface area contributed by atoms with E-state index in [0.29, 0.717) is 28.9 Å². The van der Waals surface area contributed by atoms with E-state index in [-0.39, 0.29) is 43.5 Å². The fourth-order valence-electron chi connectivity index (χ4n) is 4.82. The molecule has 2 unspecified atom stereocenters. The van der Waals surface area contributed by atoms with Crippen LogP contribution < -0.4 is 0 Å². The Morgan fingerprint density at radius 2 is 1.91 bits per heavy atom. The molecule has 8 heteroatoms. The number of ether oxygens (including phenoxy) is 3. The number of H-pyrrole nitrogens is 1. The number of nitrogens with one attached hydrogen (secondary N) is 1. The molecule has 1 aromatic carbocycles. The first-order chi connectivity index (χ1) is 15.6. The molecule has 7 nitrogen and oxygen atoms in total. The summed E-state index contributed by atoms with van der Waals surface area (Å²) in [4.78, 5) is 7.71. The van der Waals surface area contributed by atoms with E-state index < -0.39 is 11.9 Å². The molecule has 0 amide bonds. The van der Waals surface area contributed by atoms with Gasteiger partial charge in [0.25, 0.3) is 0 Å². The van der Waals surface area contributed by atoms with Crippen molar-refractivity contribution in [3.05, 3.63) is 53.5 Å². The van der Waals surface area contributed by atoms with E-state index in [2.05, 4.69) is 9.97 Å². The molecule has 2 aliphatic heterocycles. The summed E-state index contributed by atoms with van der Waals surface area (Å²) < 4.78 is 32.0. The largest absolute Gasteiger partial charge is 0.395 e. The van der Waals surface area contributed by atoms with Crippen LogP contribution in [0.3, 0.4) is 0 Å². The molecule has 2 aromatic heterocycles. The molecular formula is C24H25FN2O5. The van der Waals surface area contributed by atoms with Crippen LogP contribution in [0.1, 0.15) is 24.1 Å². The van der Waals surface area contributed by atoms with Gasteiger partial charge in [-0.1, -0.05) is 24.3 Å². The van der Waals surface area contributed by atoms with E-state index in [4.69, 9.17) is 14.2 Å². The number of aromatic nitrogens is 2. The van der Waals surface area contributed by atoms with Crippen molar-refractivity contribution in [1.29, 1.82) is 0 Å². The summed E-state index contributed by atoms with van der Waals surface area (Å²) in [6.45, 7) is 1.05. The SMILES string of the molecule is OCC1(c2ccc(-c3nc4cc(COC5CO[C@@H]6C(O)CO[C@H]56)[nH]c4cc3F)cc2)CC1. The van der Waals surface area contributed by atoms with Crippen molar-refractivity contribution in [3.63, 3.8) is 0 Å². The first-order valence-corrected chi connectivity index (χ1v) is 11.0. The minimum Gasteiger partial charge on any atom is -0.395 e. The summed E-state index contributed by atoms with van der Waals surface area (Å²) >= 11 is 0. The Morgan fingerprint density at radius 3 is 2.66 bits per heavy atom. The maximum Gasteiger partial charge on any atom is 0.151 e. The lowest BCUT2D eigenvalue weighted by Crippen LogP contribution is -2.32. The van der Waals surface area contributed by atoms with Crippen molar-refractivity contribution < 1.29 is 28.8 Å². The van der Waals surface area contributed by atoms with E-state index >= 15 is 0 Å². The van der Waals surface area contributed by atoms with E-state index in [1.165, 1.54) is 6.07 Å². The van der Waals surface area contributed by atoms with E-state index in [1.54, 1.807) is 0 Å². The average Bonchev–Trinajstić information content (AvgIpc) is 3.14. The number of hydrogen-bond donors (Lipinski definition) is 3. The van der Waals surface area contributed by atoms with Crippen molar-refractivity contribution in [2.24, 2.45) is 0 Å². The highest BCUT2D eigenvalue weighted by Gasteiger charge is 2.47. The van der Waals surface area contributed by atoms with Crippen LogP contribution in [-0.4, -0.2) is 64.4 Å². The number of pyridine rings is 1. The van der Waals surface area contributed by atoms with Crippen molar-refractivity contribution in [2.75, 3.05) is 19.8 Å². The van der Waals surface area contributed by atoms with E-state index in [0.717, 1.165) is 24.1 Å². The highest BCUT2D eigenvalue weighted by molar-refractivity contribution is 5.80. The zero-order valence-corrected chi connectivity index (χ0v) is 17.5. The number of aromatic amines is 1. The highest BCUT2D eigenvalue weighted by Crippen LogP contribution is 2.47. The Hall–Kier alpha value is -2.36. The molecule has 6 rings (SSSR count). The maximum atomic E-state index is 14.8. The number of hydrogen-bond acceptors (Lipinski definition) is 6. The predicted octanol–water partition coefficient (Wildman–Crippen LogP) is 2.44. The minimum atomic E-state index is -0.611. The van der Waals surface area contributed by atoms with Gasteiger partial charge in [0.2, 0.25) is 0 Å². The molecule has 4 heterocycles. The second-order valence-electron chi connectivity index (χ2n) is 9.07. The third-order valence-electron chi connectivity index (χ3n) is 6.97. The van der Waals surface area contributed by atoms with Gasteiger partial charge in [-0.05, 0) is 24.5 Å². The monoisotopic (exact) mass is 440 g/mol. The quantitative estimate of drug-likeness (QED) is 0.545. The van der Waals surface area contributed by atoms with Gasteiger partial charge in [-0.2, -0.15) is 0 Å². The lowest BCUT2D eigenvalue weighted by Gasteiger charge is -2.16. The molecule has 0 radical (unpaired) electrons. The van der Waals surface area contributed by atoms with Crippen molar-refractivity contribution in [2.45, 2.75) is 49.3 Å². The van der Waals surface area contributed by atoms with Gasteiger partial charge in [-0.15, -0.1) is 0 Å². The van der Waals surface area contributed by atoms with E-state index in [9.17, 15) is 14.6 Å². The number of aliphatic hydroxyl groups is 2. The molecule has 3 N–H and O–H groups in total. The van der Waals surface area contributed by atoms with Gasteiger partial charge >= 0.3 is 0 Å². The van der Waals surface area contributed by atoms with Crippen LogP contribution in [-0.2, 0) is 26.2 Å². The normalized spacial score (nSPS) is 28.3. The Morgan fingerprint density at radius 1 is 1.12 bits per heavy atom. The maximum absolute atomic E-state index is 14.8. The van der Waals surface area contributed by atoms with Crippen LogP contribution in [0.2, 0.25) is 0 Å². The Balaban J connectivity index is 1.20. The fourth-order valence-corrected chi connectivity index (χ4v) is 4.82. The number of benzene rings is 1. The van der Waals surface area contributed by atoms with Crippen molar-refractivity contribution >= 4 is 11.0 Å². The first kappa shape index (κ1) is 20.3. The summed E-state index contributed by atoms with van der Waals surface area (Å²) in [6.07, 6.45) is 0.503. The molecule has 4 atom stereocenters. The van der Waals surface area contributed by atoms with Crippen LogP contribution in [0.15, 0.2) is 36.4 Å². The van der Waals surface area contributed by atoms with Crippen LogP contribution in [0.4, 0.5) is 4.39 Å². The van der Waals surface area contributed by atoms with Gasteiger partial charge in [0.05, 0.1) is 37.5 Å². The molecule has 168 valence electrons. The second kappa shape index (κ2) is 7.60. The minimum absolute atomic E-state index is 0.115. The topological polar surface area (TPSA) is 96.8 Å². The van der Waals surface area contributed by atoms with Gasteiger partial charge in [-0.3, -0.25) is 0 Å². The summed E-state index contributed by atoms with van der Waals surface area (Å²) in [7, 11) is 0. The van der Waals surface area contributed by atoms with Crippen LogP contribution in [0.25, 0.3) is 22.3 Å². The lowest BCUT2D eigenvalue weighted by molar-refractivity contribution is -0.0446. The predicted molar refractivity (Wildman–Crippen MR) is 114 cm³/mol. The number of halogens is 1. The summed E-state index contributed by atoms with van der Waals surface area (Å²) in [5.74, 6) is -0.400. The third kappa shape index (κ3) is 3.34. The van der Waals surface area contributed by atoms with Crippen LogP contribution in [0, 0.1) is 5.82 Å². The van der Waals surface area contributed by atoms with Crippen LogP contribution >= 0.6 is 0 Å². The zero-order chi connectivity index (χ0) is 21.9. The summed E-state index contributed by atoms with van der Waals surface area (Å²) in [5.41, 5.74) is 4.01. The van der Waals surface area contributed by atoms with Gasteiger partial charge < -0.3 is 29.4 Å². The Labute approximate surface area is 184 Å². The number of rotatable bonds is 6. The summed E-state index contributed by atoms with van der Waals surface area (Å²) in [5, 5.41) is 19.5. The smallest absolute Gasteiger partial charge is 0.151 e. The number of fused-ring (bicyclic) bond motifs is 2.